The van der Waals surface area contributed by atoms with Crippen LogP contribution in [0.15, 0.2) is 29.2 Å². The van der Waals surface area contributed by atoms with Crippen molar-refractivity contribution in [3.8, 4) is 0 Å². The van der Waals surface area contributed by atoms with Crippen molar-refractivity contribution < 1.29 is 4.79 Å². The molecule has 0 saturated heterocycles. The molecule has 0 spiro atoms. The van der Waals surface area contributed by atoms with Crippen LogP contribution in [-0.4, -0.2) is 30.0 Å². The van der Waals surface area contributed by atoms with Crippen LogP contribution in [-0.2, 0) is 4.79 Å². The molecule has 0 bridgehead atoms. The van der Waals surface area contributed by atoms with Crippen molar-refractivity contribution in [1.82, 2.24) is 9.97 Å². The van der Waals surface area contributed by atoms with Gasteiger partial charge in [-0.05, 0) is 12.1 Å². The number of carbonyl (C=O) groups is 1. The normalized spacial score (nSPS) is 11.9. The standard InChI is InChI=1S/C12H15N5OS/c1-17(2)10-4-3-8(5-14-10)16-12(18)11(13)9-6-19-7-15-9/h3-7,11H,13H2,1-2H3,(H,16,18). The maximum Gasteiger partial charge on any atom is 0.247 e. The topological polar surface area (TPSA) is 84.1 Å². The Balaban J connectivity index is 2.02. The van der Waals surface area contributed by atoms with Gasteiger partial charge in [0.2, 0.25) is 5.91 Å². The highest BCUT2D eigenvalue weighted by molar-refractivity contribution is 7.07. The number of nitrogens with two attached hydrogens (primary N) is 1. The van der Waals surface area contributed by atoms with Crippen LogP contribution in [0, 0.1) is 0 Å². The summed E-state index contributed by atoms with van der Waals surface area (Å²) in [5.74, 6) is 0.520. The molecule has 1 amide bonds. The van der Waals surface area contributed by atoms with Gasteiger partial charge >= 0.3 is 0 Å². The zero-order valence-corrected chi connectivity index (χ0v) is 11.5. The number of pyridine rings is 1. The molecule has 1 atom stereocenters. The van der Waals surface area contributed by atoms with E-state index < -0.39 is 6.04 Å². The Kier molecular flexibility index (Phi) is 4.08. The van der Waals surface area contributed by atoms with E-state index in [9.17, 15) is 4.79 Å². The highest BCUT2D eigenvalue weighted by atomic mass is 32.1. The SMILES string of the molecule is CN(C)c1ccc(NC(=O)C(N)c2cscn2)cn1. The Labute approximate surface area is 115 Å². The van der Waals surface area contributed by atoms with Crippen LogP contribution in [0.4, 0.5) is 11.5 Å². The molecule has 2 rings (SSSR count). The molecular formula is C12H15N5OS. The Hall–Kier alpha value is -1.99. The average Bonchev–Trinajstić information content (AvgIpc) is 2.92. The number of rotatable bonds is 4. The molecular weight excluding hydrogens is 262 g/mol. The molecule has 19 heavy (non-hydrogen) atoms. The number of anilines is 2. The fraction of sp³-hybridized carbons (Fsp3) is 0.250. The lowest BCUT2D eigenvalue weighted by Crippen LogP contribution is -2.28. The van der Waals surface area contributed by atoms with Gasteiger partial charge in [-0.1, -0.05) is 0 Å². The third kappa shape index (κ3) is 3.27. The Morgan fingerprint density at radius 2 is 2.21 bits per heavy atom. The zero-order valence-electron chi connectivity index (χ0n) is 10.7. The van der Waals surface area contributed by atoms with E-state index >= 15 is 0 Å². The smallest absolute Gasteiger partial charge is 0.247 e. The highest BCUT2D eigenvalue weighted by Gasteiger charge is 2.17. The van der Waals surface area contributed by atoms with Crippen molar-refractivity contribution in [2.24, 2.45) is 5.73 Å². The van der Waals surface area contributed by atoms with Gasteiger partial charge in [0.05, 0.1) is 23.1 Å². The first-order valence-corrected chi connectivity index (χ1v) is 6.60. The number of nitrogens with zero attached hydrogens (tertiary/aromatic N) is 3. The summed E-state index contributed by atoms with van der Waals surface area (Å²) < 4.78 is 0. The summed E-state index contributed by atoms with van der Waals surface area (Å²) >= 11 is 1.41. The van der Waals surface area contributed by atoms with Gasteiger partial charge in [-0.2, -0.15) is 0 Å². The van der Waals surface area contributed by atoms with Gasteiger partial charge in [-0.15, -0.1) is 11.3 Å². The second-order valence-corrected chi connectivity index (χ2v) is 4.90. The van der Waals surface area contributed by atoms with Crippen LogP contribution in [0.1, 0.15) is 11.7 Å². The minimum atomic E-state index is -0.764. The minimum Gasteiger partial charge on any atom is -0.363 e. The summed E-state index contributed by atoms with van der Waals surface area (Å²) in [6, 6.07) is 2.85. The van der Waals surface area contributed by atoms with Gasteiger partial charge in [0, 0.05) is 19.5 Å². The van der Waals surface area contributed by atoms with Crippen LogP contribution in [0.5, 0.6) is 0 Å². The third-order valence-corrected chi connectivity index (χ3v) is 3.13. The largest absolute Gasteiger partial charge is 0.363 e. The number of thiazole rings is 1. The summed E-state index contributed by atoms with van der Waals surface area (Å²) in [7, 11) is 3.80. The second kappa shape index (κ2) is 5.77. The zero-order chi connectivity index (χ0) is 13.8. The highest BCUT2D eigenvalue weighted by Crippen LogP contribution is 2.15. The quantitative estimate of drug-likeness (QED) is 0.878. The summed E-state index contributed by atoms with van der Waals surface area (Å²) in [6.07, 6.45) is 1.60. The van der Waals surface area contributed by atoms with Crippen molar-refractivity contribution in [3.63, 3.8) is 0 Å². The minimum absolute atomic E-state index is 0.301. The summed E-state index contributed by atoms with van der Waals surface area (Å²) in [5.41, 5.74) is 8.64. The van der Waals surface area contributed by atoms with Gasteiger partial charge in [-0.25, -0.2) is 9.97 Å². The molecule has 0 radical (unpaired) electrons. The maximum absolute atomic E-state index is 11.9. The summed E-state index contributed by atoms with van der Waals surface area (Å²) in [6.45, 7) is 0. The Morgan fingerprint density at radius 1 is 1.42 bits per heavy atom. The predicted molar refractivity (Wildman–Crippen MR) is 76.2 cm³/mol. The van der Waals surface area contributed by atoms with Crippen LogP contribution in [0.2, 0.25) is 0 Å². The number of carbonyl (C=O) groups excluding carboxylic acids is 1. The van der Waals surface area contributed by atoms with Crippen molar-refractivity contribution in [3.05, 3.63) is 34.9 Å². The van der Waals surface area contributed by atoms with E-state index in [0.717, 1.165) is 5.82 Å². The number of amides is 1. The van der Waals surface area contributed by atoms with Crippen molar-refractivity contribution in [2.75, 3.05) is 24.3 Å². The molecule has 100 valence electrons. The van der Waals surface area contributed by atoms with Crippen molar-refractivity contribution in [1.29, 1.82) is 0 Å². The van der Waals surface area contributed by atoms with Gasteiger partial charge in [0.25, 0.3) is 0 Å². The van der Waals surface area contributed by atoms with E-state index in [1.54, 1.807) is 23.2 Å². The van der Waals surface area contributed by atoms with E-state index in [2.05, 4.69) is 15.3 Å². The van der Waals surface area contributed by atoms with Crippen LogP contribution in [0.25, 0.3) is 0 Å². The van der Waals surface area contributed by atoms with Crippen molar-refractivity contribution >= 4 is 28.7 Å². The number of hydrogen-bond donors (Lipinski definition) is 2. The number of nitrogens with one attached hydrogen (secondary N) is 1. The molecule has 1 unspecified atom stereocenters. The fourth-order valence-corrected chi connectivity index (χ4v) is 2.04. The monoisotopic (exact) mass is 277 g/mol. The third-order valence-electron chi connectivity index (χ3n) is 2.53. The summed E-state index contributed by atoms with van der Waals surface area (Å²) in [4.78, 5) is 22.0. The number of hydrogen-bond acceptors (Lipinski definition) is 6. The average molecular weight is 277 g/mol. The molecule has 0 aliphatic carbocycles. The van der Waals surface area contributed by atoms with E-state index in [-0.39, 0.29) is 5.91 Å². The molecule has 0 aliphatic rings. The Morgan fingerprint density at radius 3 is 2.74 bits per heavy atom. The molecule has 7 heteroatoms. The first kappa shape index (κ1) is 13.4. The van der Waals surface area contributed by atoms with E-state index in [1.165, 1.54) is 11.3 Å². The summed E-state index contributed by atoms with van der Waals surface area (Å²) in [5, 5.41) is 4.48. The van der Waals surface area contributed by atoms with Gasteiger partial charge < -0.3 is 16.0 Å². The first-order chi connectivity index (χ1) is 9.08. The van der Waals surface area contributed by atoms with Crippen molar-refractivity contribution in [2.45, 2.75) is 6.04 Å². The molecule has 0 saturated carbocycles. The van der Waals surface area contributed by atoms with Crippen LogP contribution in [0.3, 0.4) is 0 Å². The number of aromatic nitrogens is 2. The molecule has 0 aliphatic heterocycles. The first-order valence-electron chi connectivity index (χ1n) is 5.66. The molecule has 0 fully saturated rings. The molecule has 3 N–H and O–H groups in total. The fourth-order valence-electron chi connectivity index (χ4n) is 1.45. The molecule has 6 nitrogen and oxygen atoms in total. The van der Waals surface area contributed by atoms with E-state index in [4.69, 9.17) is 5.73 Å². The second-order valence-electron chi connectivity index (χ2n) is 4.18. The predicted octanol–water partition coefficient (Wildman–Crippen LogP) is 1.24. The van der Waals surface area contributed by atoms with Gasteiger partial charge in [0.1, 0.15) is 11.9 Å². The molecule has 2 aromatic rings. The van der Waals surface area contributed by atoms with E-state index in [1.807, 2.05) is 25.1 Å². The van der Waals surface area contributed by atoms with Crippen LogP contribution < -0.4 is 16.0 Å². The molecule has 2 aromatic heterocycles. The molecule has 2 heterocycles. The van der Waals surface area contributed by atoms with Gasteiger partial charge in [0.15, 0.2) is 0 Å². The van der Waals surface area contributed by atoms with Gasteiger partial charge in [-0.3, -0.25) is 4.79 Å². The molecule has 0 aromatic carbocycles. The van der Waals surface area contributed by atoms with Crippen LogP contribution >= 0.6 is 11.3 Å². The Bertz CT molecular complexity index is 538. The lowest BCUT2D eigenvalue weighted by Gasteiger charge is -2.13. The lowest BCUT2D eigenvalue weighted by molar-refractivity contribution is -0.117. The lowest BCUT2D eigenvalue weighted by atomic mass is 10.2. The maximum atomic E-state index is 11.9. The van der Waals surface area contributed by atoms with E-state index in [0.29, 0.717) is 11.4 Å².